The zero-order valence-corrected chi connectivity index (χ0v) is 10.3. The molecular formula is C13H12N4O2. The van der Waals surface area contributed by atoms with Gasteiger partial charge in [-0.25, -0.2) is 4.79 Å². The van der Waals surface area contributed by atoms with Crippen LogP contribution in [0.25, 0.3) is 0 Å². The van der Waals surface area contributed by atoms with Gasteiger partial charge in [0.25, 0.3) is 0 Å². The van der Waals surface area contributed by atoms with Gasteiger partial charge >= 0.3 is 6.03 Å². The first-order chi connectivity index (χ1) is 9.13. The van der Waals surface area contributed by atoms with Crippen molar-refractivity contribution in [3.63, 3.8) is 0 Å². The van der Waals surface area contributed by atoms with Crippen LogP contribution in [0.1, 0.15) is 16.7 Å². The van der Waals surface area contributed by atoms with Gasteiger partial charge in [-0.05, 0) is 23.3 Å². The molecule has 96 valence electrons. The van der Waals surface area contributed by atoms with Crippen LogP contribution < -0.4 is 10.5 Å². The predicted molar refractivity (Wildman–Crippen MR) is 67.7 cm³/mol. The second kappa shape index (κ2) is 5.23. The van der Waals surface area contributed by atoms with Gasteiger partial charge in [0.2, 0.25) is 0 Å². The zero-order valence-electron chi connectivity index (χ0n) is 10.3. The summed E-state index contributed by atoms with van der Waals surface area (Å²) >= 11 is 0. The number of carbonyl (C=O) groups excluding carboxylic acids is 1. The van der Waals surface area contributed by atoms with Crippen molar-refractivity contribution in [3.05, 3.63) is 47.3 Å². The molecule has 0 saturated heterocycles. The first-order valence-corrected chi connectivity index (χ1v) is 5.54. The van der Waals surface area contributed by atoms with E-state index in [2.05, 4.69) is 11.2 Å². The molecule has 0 aliphatic heterocycles. The summed E-state index contributed by atoms with van der Waals surface area (Å²) in [6.07, 6.45) is 3.70. The molecule has 0 saturated carbocycles. The van der Waals surface area contributed by atoms with Gasteiger partial charge in [-0.15, -0.1) is 0 Å². The first-order valence-electron chi connectivity index (χ1n) is 5.54. The molecule has 0 aliphatic rings. The fraction of sp³-hybridized carbons (Fsp3) is 0.154. The Morgan fingerprint density at radius 2 is 2.32 bits per heavy atom. The SMILES string of the molecule is COc1ccc(Cc2cnn(C(N)=O)c2)cc1C#N. The number of aromatic nitrogens is 2. The van der Waals surface area contributed by atoms with E-state index in [4.69, 9.17) is 15.7 Å². The van der Waals surface area contributed by atoms with Gasteiger partial charge in [0, 0.05) is 12.6 Å². The topological polar surface area (TPSA) is 93.9 Å². The van der Waals surface area contributed by atoms with E-state index >= 15 is 0 Å². The number of nitriles is 1. The van der Waals surface area contributed by atoms with Crippen molar-refractivity contribution >= 4 is 6.03 Å². The Kier molecular flexibility index (Phi) is 3.48. The quantitative estimate of drug-likeness (QED) is 0.895. The minimum absolute atomic E-state index is 0.474. The summed E-state index contributed by atoms with van der Waals surface area (Å²) in [6, 6.07) is 6.81. The number of rotatable bonds is 3. The Bertz CT molecular complexity index is 655. The third-order valence-corrected chi connectivity index (χ3v) is 2.65. The van der Waals surface area contributed by atoms with Gasteiger partial charge in [0.15, 0.2) is 0 Å². The number of hydrogen-bond acceptors (Lipinski definition) is 4. The van der Waals surface area contributed by atoms with Crippen LogP contribution in [0.4, 0.5) is 4.79 Å². The molecule has 6 heteroatoms. The number of primary amides is 1. The molecule has 2 aromatic rings. The minimum Gasteiger partial charge on any atom is -0.495 e. The van der Waals surface area contributed by atoms with Crippen LogP contribution in [-0.4, -0.2) is 22.9 Å². The maximum Gasteiger partial charge on any atom is 0.339 e. The van der Waals surface area contributed by atoms with Crippen LogP contribution in [0.5, 0.6) is 5.75 Å². The molecule has 2 rings (SSSR count). The van der Waals surface area contributed by atoms with E-state index in [0.29, 0.717) is 17.7 Å². The number of nitrogens with zero attached hydrogens (tertiary/aromatic N) is 3. The summed E-state index contributed by atoms with van der Waals surface area (Å²) in [4.78, 5) is 10.9. The highest BCUT2D eigenvalue weighted by atomic mass is 16.5. The van der Waals surface area contributed by atoms with Crippen LogP contribution in [0.15, 0.2) is 30.6 Å². The lowest BCUT2D eigenvalue weighted by molar-refractivity contribution is 0.247. The monoisotopic (exact) mass is 256 g/mol. The highest BCUT2D eigenvalue weighted by Gasteiger charge is 2.07. The second-order valence-corrected chi connectivity index (χ2v) is 3.95. The Morgan fingerprint density at radius 1 is 1.53 bits per heavy atom. The van der Waals surface area contributed by atoms with Crippen LogP contribution in [-0.2, 0) is 6.42 Å². The smallest absolute Gasteiger partial charge is 0.339 e. The van der Waals surface area contributed by atoms with Gasteiger partial charge in [0.05, 0.1) is 18.9 Å². The van der Waals surface area contributed by atoms with E-state index in [1.54, 1.807) is 24.5 Å². The van der Waals surface area contributed by atoms with Crippen molar-refractivity contribution in [2.24, 2.45) is 5.73 Å². The van der Waals surface area contributed by atoms with E-state index < -0.39 is 6.03 Å². The van der Waals surface area contributed by atoms with Crippen molar-refractivity contribution in [1.29, 1.82) is 5.26 Å². The zero-order chi connectivity index (χ0) is 13.8. The second-order valence-electron chi connectivity index (χ2n) is 3.95. The summed E-state index contributed by atoms with van der Waals surface area (Å²) in [7, 11) is 1.52. The third-order valence-electron chi connectivity index (χ3n) is 2.65. The van der Waals surface area contributed by atoms with Gasteiger partial charge in [-0.3, -0.25) is 0 Å². The molecule has 0 unspecified atom stereocenters. The molecule has 6 nitrogen and oxygen atoms in total. The first kappa shape index (κ1) is 12.6. The molecule has 0 bridgehead atoms. The maximum atomic E-state index is 10.9. The predicted octanol–water partition coefficient (Wildman–Crippen LogP) is 1.28. The molecule has 0 atom stereocenters. The summed E-state index contributed by atoms with van der Waals surface area (Å²) < 4.78 is 6.15. The number of carbonyl (C=O) groups is 1. The fourth-order valence-corrected chi connectivity index (χ4v) is 1.76. The van der Waals surface area contributed by atoms with Gasteiger partial charge in [-0.2, -0.15) is 15.0 Å². The van der Waals surface area contributed by atoms with Gasteiger partial charge < -0.3 is 10.5 Å². The van der Waals surface area contributed by atoms with Crippen molar-refractivity contribution in [2.45, 2.75) is 6.42 Å². The third kappa shape index (κ3) is 2.72. The Hall–Kier alpha value is -2.81. The molecule has 1 heterocycles. The van der Waals surface area contributed by atoms with Crippen molar-refractivity contribution in [2.75, 3.05) is 7.11 Å². The Morgan fingerprint density at radius 3 is 2.89 bits per heavy atom. The van der Waals surface area contributed by atoms with Crippen LogP contribution in [0, 0.1) is 11.3 Å². The molecule has 0 aliphatic carbocycles. The molecular weight excluding hydrogens is 244 g/mol. The lowest BCUT2D eigenvalue weighted by Crippen LogP contribution is -2.19. The molecule has 1 amide bonds. The summed E-state index contributed by atoms with van der Waals surface area (Å²) in [5.74, 6) is 0.541. The lowest BCUT2D eigenvalue weighted by atomic mass is 10.0. The minimum atomic E-state index is -0.626. The average molecular weight is 256 g/mol. The number of ether oxygens (including phenoxy) is 1. The number of benzene rings is 1. The Labute approximate surface area is 110 Å². The number of methoxy groups -OCH3 is 1. The molecule has 0 fully saturated rings. The summed E-state index contributed by atoms with van der Waals surface area (Å²) in [5.41, 5.74) is 7.35. The number of nitrogens with two attached hydrogens (primary N) is 1. The van der Waals surface area contributed by atoms with Gasteiger partial charge in [0.1, 0.15) is 11.8 Å². The summed E-state index contributed by atoms with van der Waals surface area (Å²) in [6.45, 7) is 0. The van der Waals surface area contributed by atoms with E-state index in [0.717, 1.165) is 15.8 Å². The molecule has 1 aromatic carbocycles. The molecule has 19 heavy (non-hydrogen) atoms. The van der Waals surface area contributed by atoms with E-state index in [-0.39, 0.29) is 0 Å². The molecule has 0 radical (unpaired) electrons. The standard InChI is InChI=1S/C13H12N4O2/c1-19-12-3-2-9(5-11(12)6-14)4-10-7-16-17(8-10)13(15)18/h2-3,5,7-8H,4H2,1H3,(H2,15,18). The largest absolute Gasteiger partial charge is 0.495 e. The van der Waals surface area contributed by atoms with Crippen molar-refractivity contribution < 1.29 is 9.53 Å². The maximum absolute atomic E-state index is 10.9. The van der Waals surface area contributed by atoms with Crippen molar-refractivity contribution in [3.8, 4) is 11.8 Å². The molecule has 1 aromatic heterocycles. The average Bonchev–Trinajstić information content (AvgIpc) is 2.87. The number of amides is 1. The van der Waals surface area contributed by atoms with Crippen molar-refractivity contribution in [1.82, 2.24) is 9.78 Å². The molecule has 2 N–H and O–H groups in total. The highest BCUT2D eigenvalue weighted by Crippen LogP contribution is 2.20. The van der Waals surface area contributed by atoms with E-state index in [1.165, 1.54) is 7.11 Å². The van der Waals surface area contributed by atoms with Crippen LogP contribution in [0.2, 0.25) is 0 Å². The number of hydrogen-bond donors (Lipinski definition) is 1. The summed E-state index contributed by atoms with van der Waals surface area (Å²) in [5, 5.41) is 12.8. The van der Waals surface area contributed by atoms with Crippen LogP contribution in [0.3, 0.4) is 0 Å². The van der Waals surface area contributed by atoms with Crippen LogP contribution >= 0.6 is 0 Å². The lowest BCUT2D eigenvalue weighted by Gasteiger charge is -2.04. The van der Waals surface area contributed by atoms with E-state index in [1.807, 2.05) is 6.07 Å². The molecule has 0 spiro atoms. The van der Waals surface area contributed by atoms with Gasteiger partial charge in [-0.1, -0.05) is 6.07 Å². The normalized spacial score (nSPS) is 9.89. The fourth-order valence-electron chi connectivity index (χ4n) is 1.76. The highest BCUT2D eigenvalue weighted by molar-refractivity contribution is 5.73. The Balaban J connectivity index is 2.23. The van der Waals surface area contributed by atoms with E-state index in [9.17, 15) is 4.79 Å².